The lowest BCUT2D eigenvalue weighted by Crippen LogP contribution is -2.28. The number of esters is 1. The minimum absolute atomic E-state index is 0.0896. The van der Waals surface area contributed by atoms with Crippen LogP contribution in [0.3, 0.4) is 0 Å². The standard InChI is InChI=1S/C9H15NO3/c1-3-13-9(12)7-4-8(6(2)11)10-5-7/h7-8,10H,3-5H2,1-2H3/t7-,8-/m0/s1. The fraction of sp³-hybridized carbons (Fsp3) is 0.778. The molecule has 0 aromatic rings. The van der Waals surface area contributed by atoms with Crippen LogP contribution in [0.1, 0.15) is 20.3 Å². The molecule has 0 amide bonds. The van der Waals surface area contributed by atoms with Crippen molar-refractivity contribution in [1.29, 1.82) is 0 Å². The Morgan fingerprint density at radius 1 is 1.54 bits per heavy atom. The fourth-order valence-corrected chi connectivity index (χ4v) is 1.49. The zero-order chi connectivity index (χ0) is 9.84. The van der Waals surface area contributed by atoms with E-state index < -0.39 is 0 Å². The number of hydrogen-bond acceptors (Lipinski definition) is 4. The van der Waals surface area contributed by atoms with E-state index >= 15 is 0 Å². The van der Waals surface area contributed by atoms with Gasteiger partial charge in [0.2, 0.25) is 0 Å². The van der Waals surface area contributed by atoms with Gasteiger partial charge in [-0.2, -0.15) is 0 Å². The maximum atomic E-state index is 11.2. The lowest BCUT2D eigenvalue weighted by Gasteiger charge is -2.06. The van der Waals surface area contributed by atoms with Gasteiger partial charge >= 0.3 is 5.97 Å². The van der Waals surface area contributed by atoms with Crippen LogP contribution in [-0.2, 0) is 14.3 Å². The molecule has 0 aliphatic carbocycles. The van der Waals surface area contributed by atoms with Crippen molar-refractivity contribution in [2.24, 2.45) is 5.92 Å². The van der Waals surface area contributed by atoms with E-state index in [9.17, 15) is 9.59 Å². The third-order valence-corrected chi connectivity index (χ3v) is 2.24. The first-order chi connectivity index (χ1) is 6.15. The third kappa shape index (κ3) is 2.52. The zero-order valence-corrected chi connectivity index (χ0v) is 8.00. The molecule has 1 saturated heterocycles. The second-order valence-corrected chi connectivity index (χ2v) is 3.26. The summed E-state index contributed by atoms with van der Waals surface area (Å²) in [5.41, 5.74) is 0. The van der Waals surface area contributed by atoms with Crippen molar-refractivity contribution in [3.63, 3.8) is 0 Å². The van der Waals surface area contributed by atoms with Crippen molar-refractivity contribution in [3.05, 3.63) is 0 Å². The lowest BCUT2D eigenvalue weighted by atomic mass is 10.0. The number of carbonyl (C=O) groups excluding carboxylic acids is 2. The van der Waals surface area contributed by atoms with Crippen molar-refractivity contribution in [2.75, 3.05) is 13.2 Å². The molecule has 74 valence electrons. The molecule has 1 rings (SSSR count). The molecule has 0 bridgehead atoms. The van der Waals surface area contributed by atoms with Crippen molar-refractivity contribution >= 4 is 11.8 Å². The van der Waals surface area contributed by atoms with Gasteiger partial charge in [0.25, 0.3) is 0 Å². The van der Waals surface area contributed by atoms with Crippen LogP contribution in [0.4, 0.5) is 0 Å². The Balaban J connectivity index is 2.40. The van der Waals surface area contributed by atoms with Gasteiger partial charge in [0.1, 0.15) is 5.78 Å². The largest absolute Gasteiger partial charge is 0.466 e. The summed E-state index contributed by atoms with van der Waals surface area (Å²) in [5.74, 6) is -0.251. The van der Waals surface area contributed by atoms with E-state index in [1.807, 2.05) is 0 Å². The monoisotopic (exact) mass is 185 g/mol. The molecule has 1 aliphatic rings. The van der Waals surface area contributed by atoms with E-state index in [1.165, 1.54) is 6.92 Å². The molecule has 4 heteroatoms. The molecule has 0 saturated carbocycles. The quantitative estimate of drug-likeness (QED) is 0.634. The van der Waals surface area contributed by atoms with E-state index in [4.69, 9.17) is 4.74 Å². The highest BCUT2D eigenvalue weighted by Crippen LogP contribution is 2.15. The first kappa shape index (κ1) is 10.2. The van der Waals surface area contributed by atoms with Crippen LogP contribution in [0.15, 0.2) is 0 Å². The highest BCUT2D eigenvalue weighted by atomic mass is 16.5. The van der Waals surface area contributed by atoms with Gasteiger partial charge in [-0.25, -0.2) is 0 Å². The number of carbonyl (C=O) groups is 2. The van der Waals surface area contributed by atoms with Gasteiger partial charge in [0.05, 0.1) is 18.6 Å². The van der Waals surface area contributed by atoms with Crippen LogP contribution in [0, 0.1) is 5.92 Å². The lowest BCUT2D eigenvalue weighted by molar-refractivity contribution is -0.147. The maximum Gasteiger partial charge on any atom is 0.310 e. The smallest absolute Gasteiger partial charge is 0.310 e. The number of Topliss-reactive ketones (excluding diaryl/α,β-unsaturated/α-hetero) is 1. The molecule has 1 aliphatic heterocycles. The SMILES string of the molecule is CCOC(=O)[C@@H]1CN[C@H](C(C)=O)C1. The molecule has 1 fully saturated rings. The highest BCUT2D eigenvalue weighted by Gasteiger charge is 2.32. The minimum atomic E-state index is -0.196. The topological polar surface area (TPSA) is 55.4 Å². The number of ether oxygens (including phenoxy) is 1. The summed E-state index contributed by atoms with van der Waals surface area (Å²) in [4.78, 5) is 22.2. The van der Waals surface area contributed by atoms with Crippen LogP contribution < -0.4 is 5.32 Å². The third-order valence-electron chi connectivity index (χ3n) is 2.24. The Bertz CT molecular complexity index is 215. The predicted octanol–water partition coefficient (Wildman–Crippen LogP) is 0.117. The van der Waals surface area contributed by atoms with Gasteiger partial charge in [0.15, 0.2) is 0 Å². The molecule has 4 nitrogen and oxygen atoms in total. The summed E-state index contributed by atoms with van der Waals surface area (Å²) in [5, 5.41) is 3.00. The van der Waals surface area contributed by atoms with E-state index in [0.29, 0.717) is 19.6 Å². The molecular formula is C9H15NO3. The summed E-state index contributed by atoms with van der Waals surface area (Å²) in [7, 11) is 0. The molecule has 0 aromatic heterocycles. The summed E-state index contributed by atoms with van der Waals surface area (Å²) in [6, 6.07) is -0.158. The molecule has 2 atom stereocenters. The molecule has 1 N–H and O–H groups in total. The zero-order valence-electron chi connectivity index (χ0n) is 8.00. The van der Waals surface area contributed by atoms with Gasteiger partial charge < -0.3 is 10.1 Å². The van der Waals surface area contributed by atoms with Crippen LogP contribution in [-0.4, -0.2) is 30.9 Å². The number of rotatable bonds is 3. The van der Waals surface area contributed by atoms with Gasteiger partial charge in [-0.15, -0.1) is 0 Å². The molecule has 0 aromatic carbocycles. The normalized spacial score (nSPS) is 27.2. The van der Waals surface area contributed by atoms with Gasteiger partial charge in [-0.1, -0.05) is 0 Å². The van der Waals surface area contributed by atoms with Crippen LogP contribution in [0.2, 0.25) is 0 Å². The Labute approximate surface area is 77.6 Å². The minimum Gasteiger partial charge on any atom is -0.466 e. The summed E-state index contributed by atoms with van der Waals surface area (Å²) >= 11 is 0. The first-order valence-electron chi connectivity index (χ1n) is 4.55. The first-order valence-corrected chi connectivity index (χ1v) is 4.55. The van der Waals surface area contributed by atoms with E-state index in [0.717, 1.165) is 0 Å². The molecule has 0 radical (unpaired) electrons. The summed E-state index contributed by atoms with van der Waals surface area (Å²) in [6.07, 6.45) is 0.578. The molecule has 13 heavy (non-hydrogen) atoms. The molecular weight excluding hydrogens is 170 g/mol. The van der Waals surface area contributed by atoms with Gasteiger partial charge in [0, 0.05) is 6.54 Å². The van der Waals surface area contributed by atoms with Gasteiger partial charge in [-0.3, -0.25) is 9.59 Å². The Hall–Kier alpha value is -0.900. The summed E-state index contributed by atoms with van der Waals surface area (Å²) in [6.45, 7) is 4.27. The van der Waals surface area contributed by atoms with Crippen LogP contribution in [0.25, 0.3) is 0 Å². The van der Waals surface area contributed by atoms with Gasteiger partial charge in [-0.05, 0) is 20.3 Å². The second-order valence-electron chi connectivity index (χ2n) is 3.26. The molecule has 0 unspecified atom stereocenters. The number of hydrogen-bond donors (Lipinski definition) is 1. The van der Waals surface area contributed by atoms with Crippen molar-refractivity contribution in [3.8, 4) is 0 Å². The van der Waals surface area contributed by atoms with E-state index in [-0.39, 0.29) is 23.7 Å². The van der Waals surface area contributed by atoms with Crippen molar-refractivity contribution < 1.29 is 14.3 Å². The maximum absolute atomic E-state index is 11.2. The van der Waals surface area contributed by atoms with Crippen LogP contribution >= 0.6 is 0 Å². The van der Waals surface area contributed by atoms with Crippen molar-refractivity contribution in [2.45, 2.75) is 26.3 Å². The van der Waals surface area contributed by atoms with Crippen molar-refractivity contribution in [1.82, 2.24) is 5.32 Å². The molecule has 1 heterocycles. The second kappa shape index (κ2) is 4.37. The average Bonchev–Trinajstić information content (AvgIpc) is 2.52. The van der Waals surface area contributed by atoms with Crippen LogP contribution in [0.5, 0.6) is 0 Å². The number of ketones is 1. The number of nitrogens with one attached hydrogen (secondary N) is 1. The Morgan fingerprint density at radius 2 is 2.23 bits per heavy atom. The predicted molar refractivity (Wildman–Crippen MR) is 47.2 cm³/mol. The fourth-order valence-electron chi connectivity index (χ4n) is 1.49. The van der Waals surface area contributed by atoms with E-state index in [2.05, 4.69) is 5.32 Å². The Kier molecular flexibility index (Phi) is 3.42. The summed E-state index contributed by atoms with van der Waals surface area (Å²) < 4.78 is 4.86. The highest BCUT2D eigenvalue weighted by molar-refractivity contribution is 5.83. The Morgan fingerprint density at radius 3 is 2.69 bits per heavy atom. The molecule has 0 spiro atoms. The van der Waals surface area contributed by atoms with E-state index in [1.54, 1.807) is 6.92 Å². The average molecular weight is 185 g/mol.